The van der Waals surface area contributed by atoms with Crippen LogP contribution in [0.4, 0.5) is 0 Å². The molecule has 1 aromatic carbocycles. The van der Waals surface area contributed by atoms with Gasteiger partial charge in [-0.15, -0.1) is 0 Å². The van der Waals surface area contributed by atoms with Crippen LogP contribution in [0.2, 0.25) is 0 Å². The summed E-state index contributed by atoms with van der Waals surface area (Å²) in [5, 5.41) is 3.05. The molecule has 0 bridgehead atoms. The molecule has 0 radical (unpaired) electrons. The van der Waals surface area contributed by atoms with Crippen molar-refractivity contribution < 1.29 is 4.79 Å². The Bertz CT molecular complexity index is 471. The largest absolute Gasteiger partial charge is 0.352 e. The van der Waals surface area contributed by atoms with Gasteiger partial charge in [0.25, 0.3) is 0 Å². The summed E-state index contributed by atoms with van der Waals surface area (Å²) in [5.41, 5.74) is 2.76. The molecule has 1 fully saturated rings. The number of carbonyl (C=O) groups excluding carboxylic acids is 1. The van der Waals surface area contributed by atoms with Crippen LogP contribution >= 0.6 is 15.9 Å². The van der Waals surface area contributed by atoms with Crippen LogP contribution in [0.3, 0.4) is 0 Å². The van der Waals surface area contributed by atoms with Crippen molar-refractivity contribution in [3.63, 3.8) is 0 Å². The highest BCUT2D eigenvalue weighted by Gasteiger charge is 2.25. The van der Waals surface area contributed by atoms with Crippen molar-refractivity contribution in [2.24, 2.45) is 0 Å². The number of benzene rings is 1. The SMILES string of the molecule is O=C(CN1CCc2cc(Br)ccc2C1)NC1CC1. The fourth-order valence-electron chi connectivity index (χ4n) is 2.42. The summed E-state index contributed by atoms with van der Waals surface area (Å²) in [6.45, 7) is 2.40. The fourth-order valence-corrected chi connectivity index (χ4v) is 2.83. The molecule has 1 amide bonds. The number of hydrogen-bond acceptors (Lipinski definition) is 2. The number of nitrogens with zero attached hydrogens (tertiary/aromatic N) is 1. The third kappa shape index (κ3) is 2.93. The van der Waals surface area contributed by atoms with Gasteiger partial charge in [0, 0.05) is 23.6 Å². The third-order valence-electron chi connectivity index (χ3n) is 3.57. The lowest BCUT2D eigenvalue weighted by atomic mass is 10.00. The number of hydrogen-bond donors (Lipinski definition) is 1. The minimum Gasteiger partial charge on any atom is -0.352 e. The zero-order valence-corrected chi connectivity index (χ0v) is 11.9. The van der Waals surface area contributed by atoms with Crippen LogP contribution in [-0.2, 0) is 17.8 Å². The number of fused-ring (bicyclic) bond motifs is 1. The van der Waals surface area contributed by atoms with Gasteiger partial charge in [0.2, 0.25) is 5.91 Å². The first-order valence-electron chi connectivity index (χ1n) is 6.50. The van der Waals surface area contributed by atoms with Crippen molar-refractivity contribution >= 4 is 21.8 Å². The molecule has 1 aromatic rings. The van der Waals surface area contributed by atoms with Crippen LogP contribution < -0.4 is 5.32 Å². The Kier molecular flexibility index (Phi) is 3.39. The molecule has 3 rings (SSSR count). The average Bonchev–Trinajstić information content (AvgIpc) is 3.13. The van der Waals surface area contributed by atoms with Crippen molar-refractivity contribution in [3.05, 3.63) is 33.8 Å². The van der Waals surface area contributed by atoms with Crippen LogP contribution in [-0.4, -0.2) is 29.9 Å². The zero-order chi connectivity index (χ0) is 12.5. The van der Waals surface area contributed by atoms with E-state index in [0.29, 0.717) is 12.6 Å². The van der Waals surface area contributed by atoms with E-state index in [2.05, 4.69) is 44.3 Å². The summed E-state index contributed by atoms with van der Waals surface area (Å²) in [5.74, 6) is 0.179. The molecule has 0 saturated heterocycles. The van der Waals surface area contributed by atoms with Gasteiger partial charge in [-0.1, -0.05) is 22.0 Å². The fraction of sp³-hybridized carbons (Fsp3) is 0.500. The second kappa shape index (κ2) is 5.02. The Morgan fingerprint density at radius 2 is 2.22 bits per heavy atom. The predicted octanol–water partition coefficient (Wildman–Crippen LogP) is 2.09. The number of nitrogens with one attached hydrogen (secondary N) is 1. The number of rotatable bonds is 3. The normalized spacial score (nSPS) is 19.4. The monoisotopic (exact) mass is 308 g/mol. The molecule has 96 valence electrons. The van der Waals surface area contributed by atoms with Gasteiger partial charge in [-0.3, -0.25) is 9.69 Å². The molecule has 0 spiro atoms. The third-order valence-corrected chi connectivity index (χ3v) is 4.06. The Hall–Kier alpha value is -0.870. The highest BCUT2D eigenvalue weighted by atomic mass is 79.9. The summed E-state index contributed by atoms with van der Waals surface area (Å²) in [6.07, 6.45) is 3.34. The molecule has 1 aliphatic heterocycles. The summed E-state index contributed by atoms with van der Waals surface area (Å²) in [6, 6.07) is 6.89. The zero-order valence-electron chi connectivity index (χ0n) is 10.3. The van der Waals surface area contributed by atoms with Crippen LogP contribution in [0.15, 0.2) is 22.7 Å². The highest BCUT2D eigenvalue weighted by Crippen LogP contribution is 2.23. The van der Waals surface area contributed by atoms with E-state index in [4.69, 9.17) is 0 Å². The van der Waals surface area contributed by atoms with Crippen LogP contribution in [0.1, 0.15) is 24.0 Å². The highest BCUT2D eigenvalue weighted by molar-refractivity contribution is 9.10. The maximum atomic E-state index is 11.8. The van der Waals surface area contributed by atoms with E-state index in [1.54, 1.807) is 0 Å². The standard InChI is InChI=1S/C14H17BrN2O/c15-12-2-1-11-8-17(6-5-10(11)7-12)9-14(18)16-13-3-4-13/h1-2,7,13H,3-6,8-9H2,(H,16,18). The van der Waals surface area contributed by atoms with Crippen molar-refractivity contribution in [1.29, 1.82) is 0 Å². The first-order chi connectivity index (χ1) is 8.70. The quantitative estimate of drug-likeness (QED) is 0.927. The summed E-state index contributed by atoms with van der Waals surface area (Å²) >= 11 is 3.50. The molecule has 0 unspecified atom stereocenters. The smallest absolute Gasteiger partial charge is 0.234 e. The van der Waals surface area contributed by atoms with Gasteiger partial charge in [0.1, 0.15) is 0 Å². The molecule has 18 heavy (non-hydrogen) atoms. The lowest BCUT2D eigenvalue weighted by Gasteiger charge is -2.28. The molecule has 1 aliphatic carbocycles. The molecule has 0 aromatic heterocycles. The predicted molar refractivity (Wildman–Crippen MR) is 74.3 cm³/mol. The molecular weight excluding hydrogens is 292 g/mol. The summed E-state index contributed by atoms with van der Waals surface area (Å²) in [4.78, 5) is 14.0. The van der Waals surface area contributed by atoms with Crippen molar-refractivity contribution in [2.75, 3.05) is 13.1 Å². The van der Waals surface area contributed by atoms with Crippen molar-refractivity contribution in [2.45, 2.75) is 31.8 Å². The van der Waals surface area contributed by atoms with Crippen molar-refractivity contribution in [1.82, 2.24) is 10.2 Å². The van der Waals surface area contributed by atoms with Gasteiger partial charge in [0.05, 0.1) is 6.54 Å². The maximum Gasteiger partial charge on any atom is 0.234 e. The minimum absolute atomic E-state index is 0.179. The first-order valence-corrected chi connectivity index (χ1v) is 7.29. The number of carbonyl (C=O) groups is 1. The van der Waals surface area contributed by atoms with Crippen molar-refractivity contribution in [3.8, 4) is 0 Å². The Morgan fingerprint density at radius 3 is 3.00 bits per heavy atom. The van der Waals surface area contributed by atoms with E-state index in [1.165, 1.54) is 11.1 Å². The van der Waals surface area contributed by atoms with Gasteiger partial charge in [-0.25, -0.2) is 0 Å². The summed E-state index contributed by atoms with van der Waals surface area (Å²) < 4.78 is 1.14. The molecule has 4 heteroatoms. The number of halogens is 1. The topological polar surface area (TPSA) is 32.3 Å². The molecule has 1 N–H and O–H groups in total. The van der Waals surface area contributed by atoms with Gasteiger partial charge in [-0.2, -0.15) is 0 Å². The van der Waals surface area contributed by atoms with E-state index in [9.17, 15) is 4.79 Å². The molecule has 1 saturated carbocycles. The molecular formula is C14H17BrN2O. The minimum atomic E-state index is 0.179. The lowest BCUT2D eigenvalue weighted by Crippen LogP contribution is -2.40. The van der Waals surface area contributed by atoms with Gasteiger partial charge >= 0.3 is 0 Å². The Labute approximate surface area is 116 Å². The lowest BCUT2D eigenvalue weighted by molar-refractivity contribution is -0.122. The second-order valence-electron chi connectivity index (χ2n) is 5.22. The Balaban J connectivity index is 1.60. The van der Waals surface area contributed by atoms with Crippen LogP contribution in [0, 0.1) is 0 Å². The van der Waals surface area contributed by atoms with Crippen LogP contribution in [0.25, 0.3) is 0 Å². The van der Waals surface area contributed by atoms with Crippen LogP contribution in [0.5, 0.6) is 0 Å². The average molecular weight is 309 g/mol. The Morgan fingerprint density at radius 1 is 1.39 bits per heavy atom. The molecule has 0 atom stereocenters. The van der Waals surface area contributed by atoms with E-state index >= 15 is 0 Å². The second-order valence-corrected chi connectivity index (χ2v) is 6.13. The molecule has 1 heterocycles. The maximum absolute atomic E-state index is 11.8. The summed E-state index contributed by atoms with van der Waals surface area (Å²) in [7, 11) is 0. The van der Waals surface area contributed by atoms with Gasteiger partial charge in [0.15, 0.2) is 0 Å². The van der Waals surface area contributed by atoms with E-state index < -0.39 is 0 Å². The molecule has 3 nitrogen and oxygen atoms in total. The van der Waals surface area contributed by atoms with E-state index in [-0.39, 0.29) is 5.91 Å². The number of amides is 1. The van der Waals surface area contributed by atoms with Gasteiger partial charge in [-0.05, 0) is 42.5 Å². The molecule has 2 aliphatic rings. The van der Waals surface area contributed by atoms with E-state index in [1.807, 2.05) is 0 Å². The van der Waals surface area contributed by atoms with Gasteiger partial charge < -0.3 is 5.32 Å². The first kappa shape index (κ1) is 12.2. The van der Waals surface area contributed by atoms with E-state index in [0.717, 1.165) is 36.8 Å².